The fraction of sp³-hybridized carbons (Fsp3) is 1.00. The summed E-state index contributed by atoms with van der Waals surface area (Å²) in [5, 5.41) is 8.07. The number of aliphatic hydroxyl groups is 1. The molecule has 0 bridgehead atoms. The largest absolute Gasteiger partial charge is 0.433 e. The van der Waals surface area contributed by atoms with Crippen LogP contribution in [0.3, 0.4) is 0 Å². The summed E-state index contributed by atoms with van der Waals surface area (Å²) in [7, 11) is -3.22. The van der Waals surface area contributed by atoms with E-state index in [0.717, 1.165) is 12.8 Å². The van der Waals surface area contributed by atoms with Crippen molar-refractivity contribution in [2.24, 2.45) is 0 Å². The van der Waals surface area contributed by atoms with Crippen molar-refractivity contribution in [3.8, 4) is 0 Å². The van der Waals surface area contributed by atoms with Crippen LogP contribution in [0.2, 0.25) is 39.3 Å². The van der Waals surface area contributed by atoms with Crippen LogP contribution in [0.4, 0.5) is 0 Å². The zero-order valence-electron chi connectivity index (χ0n) is 12.5. The van der Waals surface area contributed by atoms with E-state index in [1.165, 1.54) is 0 Å². The molecular formula is C10H32O4Si2Zr. The van der Waals surface area contributed by atoms with E-state index < -0.39 is 16.6 Å². The molecule has 5 N–H and O–H groups in total. The second kappa shape index (κ2) is 17.2. The van der Waals surface area contributed by atoms with E-state index in [0.29, 0.717) is 6.61 Å². The van der Waals surface area contributed by atoms with Gasteiger partial charge in [0.25, 0.3) is 0 Å². The number of unbranched alkanes of at least 4 members (excludes halogenated alkanes) is 1. The van der Waals surface area contributed by atoms with E-state index in [1.54, 1.807) is 0 Å². The van der Waals surface area contributed by atoms with Gasteiger partial charge in [0.2, 0.25) is 0 Å². The molecule has 0 spiro atoms. The van der Waals surface area contributed by atoms with Gasteiger partial charge in [0.05, 0.1) is 0 Å². The Morgan fingerprint density at radius 1 is 0.824 bits per heavy atom. The standard InChI is InChI=1S/C4H10O.2C3H10OSi.H2O.Zr/c1-2-3-4-5;2*1-5(2,3)4;;/h5H,2-4H2,1H3;2*4H,1-3H3;1H2;. The number of hydrogen-bond acceptors (Lipinski definition) is 3. The Morgan fingerprint density at radius 2 is 1.00 bits per heavy atom. The van der Waals surface area contributed by atoms with Crippen LogP contribution in [-0.4, -0.2) is 43.4 Å². The molecule has 0 heterocycles. The van der Waals surface area contributed by atoms with Crippen LogP contribution in [-0.2, 0) is 26.2 Å². The van der Waals surface area contributed by atoms with Crippen LogP contribution in [0.15, 0.2) is 0 Å². The predicted molar refractivity (Wildman–Crippen MR) is 76.7 cm³/mol. The third-order valence-corrected chi connectivity index (χ3v) is 0.512. The molecule has 0 rings (SSSR count). The molecule has 0 aliphatic heterocycles. The Labute approximate surface area is 128 Å². The summed E-state index contributed by atoms with van der Waals surface area (Å²) in [6.45, 7) is 13.7. The first-order valence-corrected chi connectivity index (χ1v) is 12.4. The van der Waals surface area contributed by atoms with Crippen LogP contribution in [0.5, 0.6) is 0 Å². The molecule has 0 unspecified atom stereocenters. The summed E-state index contributed by atoms with van der Waals surface area (Å²) in [4.78, 5) is 17.3. The van der Waals surface area contributed by atoms with Gasteiger partial charge in [-0.1, -0.05) is 13.3 Å². The van der Waals surface area contributed by atoms with Crippen molar-refractivity contribution < 1.29 is 46.4 Å². The second-order valence-corrected chi connectivity index (χ2v) is 14.1. The van der Waals surface area contributed by atoms with Gasteiger partial charge >= 0.3 is 0 Å². The maximum Gasteiger partial charge on any atom is 0.179 e. The first-order valence-electron chi connectivity index (χ1n) is 5.47. The van der Waals surface area contributed by atoms with Crippen LogP contribution in [0, 0.1) is 0 Å². The van der Waals surface area contributed by atoms with Gasteiger partial charge in [0.1, 0.15) is 0 Å². The predicted octanol–water partition coefficient (Wildman–Crippen LogP) is 1.58. The Balaban J connectivity index is -0.0000000400. The van der Waals surface area contributed by atoms with Crippen LogP contribution >= 0.6 is 0 Å². The molecule has 0 saturated heterocycles. The summed E-state index contributed by atoms with van der Waals surface area (Å²) in [5.74, 6) is 0. The Bertz CT molecular complexity index is 98.5. The van der Waals surface area contributed by atoms with Crippen LogP contribution < -0.4 is 0 Å². The molecule has 0 saturated carbocycles. The van der Waals surface area contributed by atoms with Gasteiger partial charge in [-0.25, -0.2) is 0 Å². The molecule has 0 amide bonds. The molecule has 0 aliphatic carbocycles. The van der Waals surface area contributed by atoms with Crippen molar-refractivity contribution in [3.05, 3.63) is 0 Å². The van der Waals surface area contributed by atoms with Gasteiger partial charge in [0.15, 0.2) is 16.6 Å². The minimum absolute atomic E-state index is 0. The first-order chi connectivity index (χ1) is 6.41. The van der Waals surface area contributed by atoms with Crippen molar-refractivity contribution in [2.45, 2.75) is 59.0 Å². The number of hydrogen-bond donors (Lipinski definition) is 3. The van der Waals surface area contributed by atoms with E-state index in [2.05, 4.69) is 6.92 Å². The zero-order valence-corrected chi connectivity index (χ0v) is 16.9. The summed E-state index contributed by atoms with van der Waals surface area (Å²) in [6.07, 6.45) is 2.04. The minimum Gasteiger partial charge on any atom is -0.433 e. The van der Waals surface area contributed by atoms with Crippen molar-refractivity contribution >= 4 is 16.6 Å². The van der Waals surface area contributed by atoms with Crippen molar-refractivity contribution in [1.82, 2.24) is 0 Å². The Morgan fingerprint density at radius 3 is 1.00 bits per heavy atom. The summed E-state index contributed by atoms with van der Waals surface area (Å²) >= 11 is 0. The molecule has 0 aromatic heterocycles. The summed E-state index contributed by atoms with van der Waals surface area (Å²) < 4.78 is 0. The quantitative estimate of drug-likeness (QED) is 0.650. The maximum atomic E-state index is 8.66. The van der Waals surface area contributed by atoms with E-state index in [-0.39, 0.29) is 31.7 Å². The van der Waals surface area contributed by atoms with Crippen LogP contribution in [0.25, 0.3) is 0 Å². The Kier molecular flexibility index (Phi) is 31.2. The average molecular weight is 364 g/mol. The molecule has 17 heavy (non-hydrogen) atoms. The van der Waals surface area contributed by atoms with Gasteiger partial charge < -0.3 is 20.2 Å². The fourth-order valence-electron chi connectivity index (χ4n) is 0.158. The van der Waals surface area contributed by atoms with E-state index >= 15 is 0 Å². The van der Waals surface area contributed by atoms with Crippen LogP contribution in [0.1, 0.15) is 19.8 Å². The molecule has 0 aromatic carbocycles. The van der Waals surface area contributed by atoms with E-state index in [4.69, 9.17) is 14.7 Å². The topological polar surface area (TPSA) is 92.2 Å². The van der Waals surface area contributed by atoms with Crippen molar-refractivity contribution in [2.75, 3.05) is 6.61 Å². The van der Waals surface area contributed by atoms with Gasteiger partial charge in [-0.3, -0.25) is 0 Å². The van der Waals surface area contributed by atoms with Gasteiger partial charge in [-0.15, -0.1) is 0 Å². The third kappa shape index (κ3) is 395. The number of rotatable bonds is 2. The molecule has 0 atom stereocenters. The fourth-order valence-corrected chi connectivity index (χ4v) is 0.158. The molecule has 4 nitrogen and oxygen atoms in total. The zero-order chi connectivity index (χ0) is 13.1. The smallest absolute Gasteiger partial charge is 0.179 e. The molecule has 0 fully saturated rings. The van der Waals surface area contributed by atoms with Gasteiger partial charge in [-0.05, 0) is 45.7 Å². The van der Waals surface area contributed by atoms with Gasteiger partial charge in [0, 0.05) is 32.8 Å². The van der Waals surface area contributed by atoms with E-state index in [1.807, 2.05) is 39.3 Å². The molecule has 0 aromatic rings. The molecule has 0 radical (unpaired) electrons. The van der Waals surface area contributed by atoms with Crippen molar-refractivity contribution in [3.63, 3.8) is 0 Å². The van der Waals surface area contributed by atoms with Crippen molar-refractivity contribution in [1.29, 1.82) is 0 Å². The van der Waals surface area contributed by atoms with E-state index in [9.17, 15) is 0 Å². The first kappa shape index (κ1) is 30.9. The summed E-state index contributed by atoms with van der Waals surface area (Å²) in [6, 6.07) is 0. The van der Waals surface area contributed by atoms with Gasteiger partial charge in [-0.2, -0.15) is 0 Å². The normalized spacial score (nSPS) is 9.53. The molecule has 0 aliphatic rings. The summed E-state index contributed by atoms with van der Waals surface area (Å²) in [5.41, 5.74) is 0. The Hall–Kier alpha value is 1.16. The second-order valence-electron chi connectivity index (χ2n) is 5.42. The maximum absolute atomic E-state index is 8.66. The SMILES string of the molecule is CCCCO.C[Si](C)(C)O.C[Si](C)(C)O.O.[Zr]. The molecule has 108 valence electrons. The molecular weight excluding hydrogens is 332 g/mol. The minimum atomic E-state index is -1.61. The number of aliphatic hydroxyl groups excluding tert-OH is 1. The average Bonchev–Trinajstić information content (AvgIpc) is 1.80. The molecule has 7 heteroatoms. The monoisotopic (exact) mass is 362 g/mol. The third-order valence-electron chi connectivity index (χ3n) is 0.512.